The summed E-state index contributed by atoms with van der Waals surface area (Å²) in [4.78, 5) is 25.4. The van der Waals surface area contributed by atoms with Crippen LogP contribution in [0.25, 0.3) is 0 Å². The monoisotopic (exact) mass is 575 g/mol. The number of nitrogens with zero attached hydrogens (tertiary/aromatic N) is 3. The molecule has 3 rings (SSSR count). The van der Waals surface area contributed by atoms with Crippen molar-refractivity contribution < 1.29 is 9.59 Å². The number of hydrogen-bond acceptors (Lipinski definition) is 5. The van der Waals surface area contributed by atoms with Crippen molar-refractivity contribution in [2.45, 2.75) is 44.4 Å². The van der Waals surface area contributed by atoms with Crippen LogP contribution in [-0.4, -0.2) is 32.3 Å². The maximum atomic E-state index is 12.7. The van der Waals surface area contributed by atoms with Gasteiger partial charge in [0, 0.05) is 16.7 Å². The minimum Gasteiger partial charge on any atom is -0.342 e. The highest BCUT2D eigenvalue weighted by Gasteiger charge is 2.21. The zero-order chi connectivity index (χ0) is 25.5. The Morgan fingerprint density at radius 1 is 1.20 bits per heavy atom. The van der Waals surface area contributed by atoms with E-state index in [0.29, 0.717) is 28.1 Å². The molecule has 0 saturated carbocycles. The number of carbonyl (C=O) groups excluding carboxylic acids is 2. The molecule has 1 atom stereocenters. The molecule has 0 unspecified atom stereocenters. The average Bonchev–Trinajstić information content (AvgIpc) is 3.22. The van der Waals surface area contributed by atoms with Gasteiger partial charge >= 0.3 is 0 Å². The molecule has 0 fully saturated rings. The van der Waals surface area contributed by atoms with Gasteiger partial charge in [0.2, 0.25) is 5.91 Å². The molecule has 3 aromatic rings. The predicted octanol–water partition coefficient (Wildman–Crippen LogP) is 6.23. The lowest BCUT2D eigenvalue weighted by molar-refractivity contribution is -0.113. The fourth-order valence-corrected chi connectivity index (χ4v) is 4.81. The third-order valence-corrected chi connectivity index (χ3v) is 6.94. The summed E-state index contributed by atoms with van der Waals surface area (Å²) in [5.41, 5.74) is 2.23. The van der Waals surface area contributed by atoms with Gasteiger partial charge in [0.25, 0.3) is 5.91 Å². The van der Waals surface area contributed by atoms with Gasteiger partial charge in [-0.3, -0.25) is 9.59 Å². The Hall–Kier alpha value is -2.62. The number of aromatic nitrogens is 3. The molecule has 0 aliphatic rings. The van der Waals surface area contributed by atoms with E-state index in [0.717, 1.165) is 15.7 Å². The highest BCUT2D eigenvalue weighted by atomic mass is 79.9. The summed E-state index contributed by atoms with van der Waals surface area (Å²) < 4.78 is 2.80. The molecule has 0 aliphatic heterocycles. The minimum absolute atomic E-state index is 0.144. The molecule has 0 saturated heterocycles. The van der Waals surface area contributed by atoms with E-state index < -0.39 is 6.04 Å². The molecule has 1 heterocycles. The second-order valence-electron chi connectivity index (χ2n) is 8.14. The van der Waals surface area contributed by atoms with Crippen molar-refractivity contribution in [3.8, 4) is 0 Å². The Kier molecular flexibility index (Phi) is 9.54. The molecular formula is C25H27BrClN5O2S. The van der Waals surface area contributed by atoms with Crippen LogP contribution in [0.5, 0.6) is 0 Å². The normalized spacial score (nSPS) is 11.8. The topological polar surface area (TPSA) is 88.9 Å². The van der Waals surface area contributed by atoms with E-state index in [2.05, 4.69) is 57.2 Å². The number of amides is 2. The highest BCUT2D eigenvalue weighted by Crippen LogP contribution is 2.28. The molecule has 10 heteroatoms. The van der Waals surface area contributed by atoms with Gasteiger partial charge in [0.1, 0.15) is 0 Å². The third-order valence-electron chi connectivity index (χ3n) is 5.15. The Morgan fingerprint density at radius 3 is 2.63 bits per heavy atom. The first-order chi connectivity index (χ1) is 16.7. The number of anilines is 1. The zero-order valence-electron chi connectivity index (χ0n) is 19.7. The summed E-state index contributed by atoms with van der Waals surface area (Å²) in [6, 6.07) is 12.2. The largest absolute Gasteiger partial charge is 0.342 e. The van der Waals surface area contributed by atoms with E-state index in [-0.39, 0.29) is 23.5 Å². The Morgan fingerprint density at radius 2 is 1.94 bits per heavy atom. The maximum absolute atomic E-state index is 12.7. The molecule has 0 radical (unpaired) electrons. The van der Waals surface area contributed by atoms with E-state index in [1.807, 2.05) is 29.7 Å². The van der Waals surface area contributed by atoms with Crippen molar-refractivity contribution in [1.29, 1.82) is 0 Å². The van der Waals surface area contributed by atoms with Crippen molar-refractivity contribution in [2.75, 3.05) is 11.1 Å². The number of halogens is 2. The van der Waals surface area contributed by atoms with Gasteiger partial charge in [-0.2, -0.15) is 0 Å². The minimum atomic E-state index is -0.439. The van der Waals surface area contributed by atoms with E-state index in [4.69, 9.17) is 11.6 Å². The number of allylic oxidation sites excluding steroid dienone is 1. The van der Waals surface area contributed by atoms with E-state index in [1.54, 1.807) is 30.3 Å². The van der Waals surface area contributed by atoms with Gasteiger partial charge in [-0.1, -0.05) is 71.3 Å². The molecule has 2 N–H and O–H groups in total. The van der Waals surface area contributed by atoms with Crippen LogP contribution in [0.15, 0.2) is 64.7 Å². The molecule has 1 aromatic heterocycles. The summed E-state index contributed by atoms with van der Waals surface area (Å²) in [5, 5.41) is 15.4. The predicted molar refractivity (Wildman–Crippen MR) is 145 cm³/mol. The van der Waals surface area contributed by atoms with Gasteiger partial charge in [-0.25, -0.2) is 0 Å². The second-order valence-corrected chi connectivity index (χ2v) is 10.4. The van der Waals surface area contributed by atoms with Crippen molar-refractivity contribution in [3.63, 3.8) is 0 Å². The Balaban J connectivity index is 1.69. The fourth-order valence-electron chi connectivity index (χ4n) is 3.45. The molecule has 0 spiro atoms. The molecule has 0 aliphatic carbocycles. The first kappa shape index (κ1) is 27.0. The molecule has 7 nitrogen and oxygen atoms in total. The SMILES string of the molecule is C=CCn1c(SCC(=O)Nc2ccc(Br)cc2C(C)C)nnc1[C@@H](C)NC(=O)c1ccccc1Cl. The highest BCUT2D eigenvalue weighted by molar-refractivity contribution is 9.10. The number of carbonyl (C=O) groups is 2. The first-order valence-corrected chi connectivity index (χ1v) is 13.2. The zero-order valence-corrected chi connectivity index (χ0v) is 22.9. The summed E-state index contributed by atoms with van der Waals surface area (Å²) in [7, 11) is 0. The number of nitrogens with one attached hydrogen (secondary N) is 2. The number of hydrogen-bond donors (Lipinski definition) is 2. The van der Waals surface area contributed by atoms with Crippen LogP contribution in [0.3, 0.4) is 0 Å². The van der Waals surface area contributed by atoms with Crippen LogP contribution < -0.4 is 10.6 Å². The molecule has 2 aromatic carbocycles. The van der Waals surface area contributed by atoms with Gasteiger partial charge in [-0.15, -0.1) is 16.8 Å². The molecule has 35 heavy (non-hydrogen) atoms. The summed E-state index contributed by atoms with van der Waals surface area (Å²) >= 11 is 10.9. The average molecular weight is 577 g/mol. The van der Waals surface area contributed by atoms with Crippen molar-refractivity contribution in [3.05, 3.63) is 81.6 Å². The lowest BCUT2D eigenvalue weighted by Gasteiger charge is -2.16. The Labute approximate surface area is 222 Å². The molecule has 184 valence electrons. The van der Waals surface area contributed by atoms with Crippen LogP contribution in [0, 0.1) is 0 Å². The molecule has 0 bridgehead atoms. The van der Waals surface area contributed by atoms with E-state index in [1.165, 1.54) is 11.8 Å². The van der Waals surface area contributed by atoms with E-state index in [9.17, 15) is 9.59 Å². The quantitative estimate of drug-likeness (QED) is 0.221. The van der Waals surface area contributed by atoms with Crippen LogP contribution in [0.1, 0.15) is 54.5 Å². The van der Waals surface area contributed by atoms with Gasteiger partial charge < -0.3 is 15.2 Å². The van der Waals surface area contributed by atoms with Crippen LogP contribution in [0.2, 0.25) is 5.02 Å². The second kappa shape index (κ2) is 12.4. The number of thioether (sulfide) groups is 1. The Bertz CT molecular complexity index is 1230. The van der Waals surface area contributed by atoms with Gasteiger partial charge in [0.05, 0.1) is 22.4 Å². The van der Waals surface area contributed by atoms with Crippen molar-refractivity contribution in [1.82, 2.24) is 20.1 Å². The van der Waals surface area contributed by atoms with Crippen LogP contribution in [-0.2, 0) is 11.3 Å². The molecule has 2 amide bonds. The van der Waals surface area contributed by atoms with Crippen LogP contribution >= 0.6 is 39.3 Å². The fraction of sp³-hybridized carbons (Fsp3) is 0.280. The van der Waals surface area contributed by atoms with Gasteiger partial charge in [-0.05, 0) is 48.7 Å². The van der Waals surface area contributed by atoms with Crippen molar-refractivity contribution >= 4 is 56.8 Å². The summed E-state index contributed by atoms with van der Waals surface area (Å²) in [6.45, 7) is 10.2. The summed E-state index contributed by atoms with van der Waals surface area (Å²) in [6.07, 6.45) is 1.72. The lowest BCUT2D eigenvalue weighted by Crippen LogP contribution is -2.29. The standard InChI is InChI=1S/C25H27BrClN5O2S/c1-5-12-32-23(16(4)28-24(34)18-8-6-7-9-20(18)27)30-31-25(32)35-14-22(33)29-21-11-10-17(26)13-19(21)15(2)3/h5-11,13,15-16H,1,12,14H2,2-4H3,(H,28,34)(H,29,33)/t16-/m1/s1. The summed E-state index contributed by atoms with van der Waals surface area (Å²) in [5.74, 6) is 0.525. The van der Waals surface area contributed by atoms with Crippen LogP contribution in [0.4, 0.5) is 5.69 Å². The first-order valence-electron chi connectivity index (χ1n) is 11.0. The van der Waals surface area contributed by atoms with Crippen molar-refractivity contribution in [2.24, 2.45) is 0 Å². The van der Waals surface area contributed by atoms with Gasteiger partial charge in [0.15, 0.2) is 11.0 Å². The molecular weight excluding hydrogens is 550 g/mol. The number of rotatable bonds is 10. The number of benzene rings is 2. The van der Waals surface area contributed by atoms with E-state index >= 15 is 0 Å². The lowest BCUT2D eigenvalue weighted by atomic mass is 10.0. The smallest absolute Gasteiger partial charge is 0.253 e. The third kappa shape index (κ3) is 6.96. The maximum Gasteiger partial charge on any atom is 0.253 e.